The zero-order chi connectivity index (χ0) is 15.6. The minimum Gasteiger partial charge on any atom is -0.368 e. The molecule has 6 nitrogen and oxygen atoms in total. The predicted molar refractivity (Wildman–Crippen MR) is 75.4 cm³/mol. The van der Waals surface area contributed by atoms with Crippen LogP contribution in [-0.4, -0.2) is 55.8 Å². The Hall–Kier alpha value is -1.51. The number of benzene rings is 1. The van der Waals surface area contributed by atoms with Crippen LogP contribution in [0.2, 0.25) is 0 Å². The quantitative estimate of drug-likeness (QED) is 0.848. The molecule has 2 N–H and O–H groups in total. The van der Waals surface area contributed by atoms with Crippen molar-refractivity contribution >= 4 is 15.9 Å². The van der Waals surface area contributed by atoms with Gasteiger partial charge < -0.3 is 5.73 Å². The van der Waals surface area contributed by atoms with Crippen LogP contribution in [-0.2, 0) is 14.8 Å². The van der Waals surface area contributed by atoms with Gasteiger partial charge in [0.2, 0.25) is 15.9 Å². The molecule has 0 radical (unpaired) electrons. The first-order valence-electron chi connectivity index (χ1n) is 6.62. The number of carbonyl (C=O) groups excluding carboxylic acids is 1. The van der Waals surface area contributed by atoms with E-state index in [1.54, 1.807) is 6.92 Å². The average Bonchev–Trinajstić information content (AvgIpc) is 2.46. The van der Waals surface area contributed by atoms with Gasteiger partial charge in [-0.3, -0.25) is 9.69 Å². The van der Waals surface area contributed by atoms with Crippen LogP contribution in [0.4, 0.5) is 4.39 Å². The van der Waals surface area contributed by atoms with Gasteiger partial charge in [-0.2, -0.15) is 4.31 Å². The zero-order valence-corrected chi connectivity index (χ0v) is 12.5. The molecule has 2 rings (SSSR count). The number of hydrogen-bond donors (Lipinski definition) is 1. The van der Waals surface area contributed by atoms with Crippen LogP contribution in [0.1, 0.15) is 6.92 Å². The molecule has 0 bridgehead atoms. The highest BCUT2D eigenvalue weighted by Crippen LogP contribution is 2.20. The molecule has 8 heteroatoms. The summed E-state index contributed by atoms with van der Waals surface area (Å²) in [6.07, 6.45) is 0. The number of rotatable bonds is 4. The summed E-state index contributed by atoms with van der Waals surface area (Å²) < 4.78 is 39.7. The number of piperazine rings is 1. The molecular formula is C13H18FN3O3S. The Kier molecular flexibility index (Phi) is 4.60. The number of sulfonamides is 1. The highest BCUT2D eigenvalue weighted by atomic mass is 32.2. The van der Waals surface area contributed by atoms with E-state index in [2.05, 4.69) is 0 Å². The monoisotopic (exact) mass is 315 g/mol. The van der Waals surface area contributed by atoms with Crippen molar-refractivity contribution in [2.75, 3.05) is 26.2 Å². The summed E-state index contributed by atoms with van der Waals surface area (Å²) in [6.45, 7) is 2.86. The molecule has 1 aliphatic heterocycles. The van der Waals surface area contributed by atoms with Crippen LogP contribution in [0.5, 0.6) is 0 Å². The van der Waals surface area contributed by atoms with E-state index >= 15 is 0 Å². The Morgan fingerprint density at radius 1 is 1.24 bits per heavy atom. The summed E-state index contributed by atoms with van der Waals surface area (Å²) in [4.78, 5) is 12.6. The fraction of sp³-hybridized carbons (Fsp3) is 0.462. The lowest BCUT2D eigenvalue weighted by molar-refractivity contribution is -0.123. The van der Waals surface area contributed by atoms with Crippen molar-refractivity contribution in [3.63, 3.8) is 0 Å². The molecule has 0 aliphatic carbocycles. The van der Waals surface area contributed by atoms with Gasteiger partial charge in [0.1, 0.15) is 10.7 Å². The van der Waals surface area contributed by atoms with Crippen LogP contribution in [0.25, 0.3) is 0 Å². The van der Waals surface area contributed by atoms with Crippen molar-refractivity contribution in [3.05, 3.63) is 30.1 Å². The lowest BCUT2D eigenvalue weighted by Gasteiger charge is -2.36. The Morgan fingerprint density at radius 2 is 1.81 bits per heavy atom. The van der Waals surface area contributed by atoms with Crippen LogP contribution in [0, 0.1) is 5.82 Å². The van der Waals surface area contributed by atoms with Crippen LogP contribution in [0.15, 0.2) is 29.2 Å². The Labute approximate surface area is 123 Å². The third-order valence-corrected chi connectivity index (χ3v) is 5.62. The zero-order valence-electron chi connectivity index (χ0n) is 11.7. The third-order valence-electron chi connectivity index (χ3n) is 3.69. The predicted octanol–water partition coefficient (Wildman–Crippen LogP) is 0.00580. The van der Waals surface area contributed by atoms with Gasteiger partial charge in [-0.25, -0.2) is 12.8 Å². The van der Waals surface area contributed by atoms with E-state index in [-0.39, 0.29) is 18.0 Å². The topological polar surface area (TPSA) is 83.7 Å². The molecule has 1 atom stereocenters. The lowest BCUT2D eigenvalue weighted by atomic mass is 10.2. The highest BCUT2D eigenvalue weighted by Gasteiger charge is 2.32. The standard InChI is InChI=1S/C13H18FN3O3S/c1-10(13(15)18)16-6-8-17(9-7-16)21(19,20)12-5-3-2-4-11(12)14/h2-5,10H,6-9H2,1H3,(H2,15,18)/t10-/m1/s1. The van der Waals surface area contributed by atoms with E-state index in [1.165, 1.54) is 22.5 Å². The maximum Gasteiger partial charge on any atom is 0.246 e. The van der Waals surface area contributed by atoms with Crippen molar-refractivity contribution in [1.82, 2.24) is 9.21 Å². The maximum atomic E-state index is 13.7. The average molecular weight is 315 g/mol. The molecule has 1 heterocycles. The van der Waals surface area contributed by atoms with Gasteiger partial charge in [0, 0.05) is 26.2 Å². The first-order chi connectivity index (χ1) is 9.84. The fourth-order valence-corrected chi connectivity index (χ4v) is 3.79. The van der Waals surface area contributed by atoms with Crippen molar-refractivity contribution in [1.29, 1.82) is 0 Å². The van der Waals surface area contributed by atoms with Gasteiger partial charge in [0.05, 0.1) is 6.04 Å². The Bertz CT molecular complexity index is 627. The van der Waals surface area contributed by atoms with E-state index in [4.69, 9.17) is 5.73 Å². The lowest BCUT2D eigenvalue weighted by Crippen LogP contribution is -2.54. The molecule has 1 amide bonds. The molecule has 116 valence electrons. The van der Waals surface area contributed by atoms with Crippen LogP contribution in [0.3, 0.4) is 0 Å². The van der Waals surface area contributed by atoms with Crippen LogP contribution >= 0.6 is 0 Å². The van der Waals surface area contributed by atoms with Gasteiger partial charge in [0.25, 0.3) is 0 Å². The van der Waals surface area contributed by atoms with Crippen molar-refractivity contribution < 1.29 is 17.6 Å². The number of hydrogen-bond acceptors (Lipinski definition) is 4. The van der Waals surface area contributed by atoms with E-state index < -0.39 is 27.8 Å². The maximum absolute atomic E-state index is 13.7. The van der Waals surface area contributed by atoms with E-state index in [0.29, 0.717) is 13.1 Å². The van der Waals surface area contributed by atoms with Gasteiger partial charge in [0.15, 0.2) is 0 Å². The fourth-order valence-electron chi connectivity index (χ4n) is 2.30. The van der Waals surface area contributed by atoms with Crippen molar-refractivity contribution in [3.8, 4) is 0 Å². The first-order valence-corrected chi connectivity index (χ1v) is 8.06. The summed E-state index contributed by atoms with van der Waals surface area (Å²) in [7, 11) is -3.85. The third kappa shape index (κ3) is 3.22. The molecule has 1 aromatic carbocycles. The van der Waals surface area contributed by atoms with Gasteiger partial charge in [-0.1, -0.05) is 12.1 Å². The number of halogens is 1. The smallest absolute Gasteiger partial charge is 0.246 e. The van der Waals surface area contributed by atoms with Gasteiger partial charge >= 0.3 is 0 Å². The second-order valence-electron chi connectivity index (χ2n) is 4.95. The minimum absolute atomic E-state index is 0.203. The summed E-state index contributed by atoms with van der Waals surface area (Å²) >= 11 is 0. The number of nitrogens with two attached hydrogens (primary N) is 1. The largest absolute Gasteiger partial charge is 0.368 e. The van der Waals surface area contributed by atoms with E-state index in [0.717, 1.165) is 6.07 Å². The molecule has 0 unspecified atom stereocenters. The summed E-state index contributed by atoms with van der Waals surface area (Å²) in [5.74, 6) is -1.20. The molecular weight excluding hydrogens is 297 g/mol. The minimum atomic E-state index is -3.85. The van der Waals surface area contributed by atoms with Crippen LogP contribution < -0.4 is 5.73 Å². The normalized spacial score (nSPS) is 19.3. The highest BCUT2D eigenvalue weighted by molar-refractivity contribution is 7.89. The number of nitrogens with zero attached hydrogens (tertiary/aromatic N) is 2. The van der Waals surface area contributed by atoms with Crippen molar-refractivity contribution in [2.45, 2.75) is 17.9 Å². The van der Waals surface area contributed by atoms with Gasteiger partial charge in [-0.15, -0.1) is 0 Å². The van der Waals surface area contributed by atoms with E-state index in [9.17, 15) is 17.6 Å². The Balaban J connectivity index is 2.12. The first kappa shape index (κ1) is 15.9. The second-order valence-corrected chi connectivity index (χ2v) is 6.86. The molecule has 1 fully saturated rings. The summed E-state index contributed by atoms with van der Waals surface area (Å²) in [5, 5.41) is 0. The summed E-state index contributed by atoms with van der Waals surface area (Å²) in [5.41, 5.74) is 5.24. The second kappa shape index (κ2) is 6.08. The number of carbonyl (C=O) groups is 1. The summed E-state index contributed by atoms with van der Waals surface area (Å²) in [6, 6.07) is 4.87. The number of primary amides is 1. The molecule has 21 heavy (non-hydrogen) atoms. The van der Waals surface area contributed by atoms with E-state index in [1.807, 2.05) is 4.90 Å². The number of amides is 1. The Morgan fingerprint density at radius 3 is 2.33 bits per heavy atom. The van der Waals surface area contributed by atoms with Crippen molar-refractivity contribution in [2.24, 2.45) is 5.73 Å². The SMILES string of the molecule is C[C@H](C(N)=O)N1CCN(S(=O)(=O)c2ccccc2F)CC1. The molecule has 0 aromatic heterocycles. The molecule has 1 saturated heterocycles. The molecule has 0 saturated carbocycles. The molecule has 1 aliphatic rings. The molecule has 1 aromatic rings. The molecule has 0 spiro atoms. The van der Waals surface area contributed by atoms with Gasteiger partial charge in [-0.05, 0) is 19.1 Å².